The molecule has 0 radical (unpaired) electrons. The van der Waals surface area contributed by atoms with Crippen LogP contribution >= 0.6 is 0 Å². The van der Waals surface area contributed by atoms with Gasteiger partial charge in [-0.15, -0.1) is 0 Å². The third-order valence-corrected chi connectivity index (χ3v) is 1.70. The van der Waals surface area contributed by atoms with Crippen LogP contribution in [0.3, 0.4) is 0 Å². The molecule has 0 spiro atoms. The second-order valence-corrected chi connectivity index (χ2v) is 3.00. The van der Waals surface area contributed by atoms with Crippen LogP contribution in [0.4, 0.5) is 20.2 Å². The lowest BCUT2D eigenvalue weighted by Gasteiger charge is -2.07. The van der Waals surface area contributed by atoms with Crippen LogP contribution in [-0.2, 0) is 4.79 Å². The smallest absolute Gasteiger partial charge is 0.387 e. The first kappa shape index (κ1) is 12.8. The number of nitro groups is 1. The molecule has 0 saturated heterocycles. The van der Waals surface area contributed by atoms with Gasteiger partial charge in [0, 0.05) is 6.92 Å². The van der Waals surface area contributed by atoms with Crippen molar-refractivity contribution in [3.8, 4) is 5.75 Å². The number of rotatable bonds is 4. The molecule has 0 aliphatic rings. The van der Waals surface area contributed by atoms with Gasteiger partial charge in [0.1, 0.15) is 11.4 Å². The number of amides is 1. The van der Waals surface area contributed by atoms with Crippen LogP contribution in [0, 0.1) is 10.1 Å². The van der Waals surface area contributed by atoms with Gasteiger partial charge in [0.15, 0.2) is 0 Å². The molecule has 0 saturated carbocycles. The third-order valence-electron chi connectivity index (χ3n) is 1.70. The lowest BCUT2D eigenvalue weighted by atomic mass is 10.2. The Kier molecular flexibility index (Phi) is 3.91. The average molecular weight is 246 g/mol. The fraction of sp³-hybridized carbons (Fsp3) is 0.222. The Bertz CT molecular complexity index is 451. The lowest BCUT2D eigenvalue weighted by Crippen LogP contribution is -2.08. The Morgan fingerprint density at radius 2 is 2.18 bits per heavy atom. The molecule has 1 rings (SSSR count). The lowest BCUT2D eigenvalue weighted by molar-refractivity contribution is -0.384. The Hall–Kier alpha value is -2.25. The highest BCUT2D eigenvalue weighted by molar-refractivity contribution is 5.91. The third kappa shape index (κ3) is 3.67. The van der Waals surface area contributed by atoms with Gasteiger partial charge >= 0.3 is 6.61 Å². The number of nitrogens with zero attached hydrogens (tertiary/aromatic N) is 1. The summed E-state index contributed by atoms with van der Waals surface area (Å²) in [6.07, 6.45) is 0. The van der Waals surface area contributed by atoms with Crippen LogP contribution in [0.2, 0.25) is 0 Å². The number of halogens is 2. The number of nitro benzene ring substituents is 1. The summed E-state index contributed by atoms with van der Waals surface area (Å²) in [7, 11) is 0. The zero-order valence-electron chi connectivity index (χ0n) is 8.65. The first-order chi connectivity index (χ1) is 7.90. The van der Waals surface area contributed by atoms with Gasteiger partial charge in [-0.05, 0) is 12.1 Å². The highest BCUT2D eigenvalue weighted by Gasteiger charge is 2.17. The van der Waals surface area contributed by atoms with Gasteiger partial charge in [-0.1, -0.05) is 0 Å². The monoisotopic (exact) mass is 246 g/mol. The van der Waals surface area contributed by atoms with Crippen molar-refractivity contribution in [1.82, 2.24) is 0 Å². The number of nitrogens with one attached hydrogen (secondary N) is 1. The SMILES string of the molecule is CC(=O)Nc1ccc(OC(F)F)cc1[N+](=O)[O-]. The van der Waals surface area contributed by atoms with E-state index in [9.17, 15) is 23.7 Å². The van der Waals surface area contributed by atoms with Gasteiger partial charge in [0.05, 0.1) is 11.0 Å². The van der Waals surface area contributed by atoms with E-state index >= 15 is 0 Å². The topological polar surface area (TPSA) is 81.5 Å². The molecule has 0 fully saturated rings. The first-order valence-corrected chi connectivity index (χ1v) is 4.41. The van der Waals surface area contributed by atoms with Crippen LogP contribution in [-0.4, -0.2) is 17.4 Å². The summed E-state index contributed by atoms with van der Waals surface area (Å²) in [4.78, 5) is 20.6. The number of anilines is 1. The minimum atomic E-state index is -3.07. The fourth-order valence-corrected chi connectivity index (χ4v) is 1.13. The van der Waals surface area contributed by atoms with Gasteiger partial charge in [0.2, 0.25) is 5.91 Å². The van der Waals surface area contributed by atoms with Crippen molar-refractivity contribution in [2.45, 2.75) is 13.5 Å². The van der Waals surface area contributed by atoms with Crippen LogP contribution in [0.5, 0.6) is 5.75 Å². The minimum absolute atomic E-state index is 0.0795. The maximum atomic E-state index is 11.9. The van der Waals surface area contributed by atoms with E-state index in [2.05, 4.69) is 10.1 Å². The molecule has 1 amide bonds. The van der Waals surface area contributed by atoms with Crippen molar-refractivity contribution in [1.29, 1.82) is 0 Å². The molecule has 1 aromatic carbocycles. The van der Waals surface area contributed by atoms with E-state index in [-0.39, 0.29) is 11.4 Å². The Morgan fingerprint density at radius 1 is 1.53 bits per heavy atom. The van der Waals surface area contributed by atoms with Crippen molar-refractivity contribution in [2.75, 3.05) is 5.32 Å². The van der Waals surface area contributed by atoms with Gasteiger partial charge in [0.25, 0.3) is 5.69 Å². The van der Waals surface area contributed by atoms with Crippen LogP contribution in [0.1, 0.15) is 6.92 Å². The molecule has 0 aliphatic carbocycles. The van der Waals surface area contributed by atoms with Crippen molar-refractivity contribution in [3.05, 3.63) is 28.3 Å². The van der Waals surface area contributed by atoms with Crippen molar-refractivity contribution < 1.29 is 23.2 Å². The van der Waals surface area contributed by atoms with Gasteiger partial charge in [-0.2, -0.15) is 8.78 Å². The molecular weight excluding hydrogens is 238 g/mol. The van der Waals surface area contributed by atoms with E-state index in [1.54, 1.807) is 0 Å². The summed E-state index contributed by atoms with van der Waals surface area (Å²) < 4.78 is 27.8. The molecule has 0 bridgehead atoms. The molecule has 1 aromatic rings. The Labute approximate surface area is 94.3 Å². The van der Waals surface area contributed by atoms with Crippen LogP contribution < -0.4 is 10.1 Å². The second-order valence-electron chi connectivity index (χ2n) is 3.00. The van der Waals surface area contributed by atoms with E-state index in [1.807, 2.05) is 0 Å². The summed E-state index contributed by atoms with van der Waals surface area (Å²) in [6, 6.07) is 3.04. The van der Waals surface area contributed by atoms with Gasteiger partial charge in [-0.25, -0.2) is 0 Å². The molecule has 0 atom stereocenters. The summed E-state index contributed by atoms with van der Waals surface area (Å²) in [5.74, 6) is -0.851. The highest BCUT2D eigenvalue weighted by atomic mass is 19.3. The van der Waals surface area contributed by atoms with Crippen molar-refractivity contribution >= 4 is 17.3 Å². The van der Waals surface area contributed by atoms with E-state index in [1.165, 1.54) is 6.92 Å². The van der Waals surface area contributed by atoms with Crippen LogP contribution in [0.15, 0.2) is 18.2 Å². The quantitative estimate of drug-likeness (QED) is 0.651. The molecule has 0 unspecified atom stereocenters. The predicted octanol–water partition coefficient (Wildman–Crippen LogP) is 2.15. The highest BCUT2D eigenvalue weighted by Crippen LogP contribution is 2.29. The van der Waals surface area contributed by atoms with E-state index in [4.69, 9.17) is 0 Å². The summed E-state index contributed by atoms with van der Waals surface area (Å²) in [6.45, 7) is -1.89. The summed E-state index contributed by atoms with van der Waals surface area (Å²) >= 11 is 0. The number of hydrogen-bond acceptors (Lipinski definition) is 4. The molecular formula is C9H8F2N2O4. The molecule has 1 N–H and O–H groups in total. The van der Waals surface area contributed by atoms with E-state index < -0.39 is 23.1 Å². The number of alkyl halides is 2. The zero-order valence-corrected chi connectivity index (χ0v) is 8.65. The molecule has 17 heavy (non-hydrogen) atoms. The number of ether oxygens (including phenoxy) is 1. The maximum Gasteiger partial charge on any atom is 0.387 e. The number of carbonyl (C=O) groups excluding carboxylic acids is 1. The van der Waals surface area contributed by atoms with Crippen molar-refractivity contribution in [2.24, 2.45) is 0 Å². The van der Waals surface area contributed by atoms with E-state index in [0.717, 1.165) is 18.2 Å². The molecule has 8 heteroatoms. The average Bonchev–Trinajstić information content (AvgIpc) is 2.18. The molecule has 0 aromatic heterocycles. The van der Waals surface area contributed by atoms with Crippen molar-refractivity contribution in [3.63, 3.8) is 0 Å². The Balaban J connectivity index is 3.08. The number of carbonyl (C=O) groups is 1. The second kappa shape index (κ2) is 5.19. The fourth-order valence-electron chi connectivity index (χ4n) is 1.13. The largest absolute Gasteiger partial charge is 0.435 e. The van der Waals surface area contributed by atoms with Crippen LogP contribution in [0.25, 0.3) is 0 Å². The standard InChI is InChI=1S/C9H8F2N2O4/c1-5(14)12-7-3-2-6(17-9(10)11)4-8(7)13(15)16/h2-4,9H,1H3,(H,12,14). The predicted molar refractivity (Wildman–Crippen MR) is 54.0 cm³/mol. The molecule has 92 valence electrons. The molecule has 0 heterocycles. The van der Waals surface area contributed by atoms with Gasteiger partial charge < -0.3 is 10.1 Å². The summed E-state index contributed by atoms with van der Waals surface area (Å²) in [5.41, 5.74) is -0.595. The maximum absolute atomic E-state index is 11.9. The normalized spacial score (nSPS) is 10.1. The molecule has 0 aliphatic heterocycles. The summed E-state index contributed by atoms with van der Waals surface area (Å²) in [5, 5.41) is 12.9. The first-order valence-electron chi connectivity index (χ1n) is 4.41. The van der Waals surface area contributed by atoms with E-state index in [0.29, 0.717) is 0 Å². The Morgan fingerprint density at radius 3 is 2.65 bits per heavy atom. The molecule has 6 nitrogen and oxygen atoms in total. The number of benzene rings is 1. The zero-order chi connectivity index (χ0) is 13.0. The minimum Gasteiger partial charge on any atom is -0.435 e. The van der Waals surface area contributed by atoms with Gasteiger partial charge in [-0.3, -0.25) is 14.9 Å². The number of hydrogen-bond donors (Lipinski definition) is 1.